The number of rotatable bonds is 3. The Morgan fingerprint density at radius 1 is 1.30 bits per heavy atom. The minimum atomic E-state index is -0.304. The highest BCUT2D eigenvalue weighted by Gasteiger charge is 2.22. The van der Waals surface area contributed by atoms with Gasteiger partial charge in [0.05, 0.1) is 15.3 Å². The van der Waals surface area contributed by atoms with Crippen LogP contribution in [0.25, 0.3) is 0 Å². The fraction of sp³-hybridized carbons (Fsp3) is 1.00. The Hall–Kier alpha value is 0.350. The maximum absolute atomic E-state index is 5.09. The van der Waals surface area contributed by atoms with Crippen molar-refractivity contribution < 1.29 is 9.56 Å². The van der Waals surface area contributed by atoms with Crippen LogP contribution in [-0.4, -0.2) is 19.4 Å². The molecule has 0 radical (unpaired) electrons. The van der Waals surface area contributed by atoms with Crippen LogP contribution in [0.15, 0.2) is 0 Å². The van der Waals surface area contributed by atoms with Gasteiger partial charge in [0.15, 0.2) is 0 Å². The Kier molecular flexibility index (Phi) is 3.61. The predicted octanol–water partition coefficient (Wildman–Crippen LogP) is 2.53. The van der Waals surface area contributed by atoms with E-state index >= 15 is 0 Å². The Balaban J connectivity index is 2.18. The van der Waals surface area contributed by atoms with Crippen molar-refractivity contribution in [1.29, 1.82) is 0 Å². The fourth-order valence-corrected chi connectivity index (χ4v) is 2.90. The van der Waals surface area contributed by atoms with Gasteiger partial charge < -0.3 is 0 Å². The fourth-order valence-electron chi connectivity index (χ4n) is 1.45. The lowest BCUT2D eigenvalue weighted by molar-refractivity contribution is -0.170. The lowest BCUT2D eigenvalue weighted by atomic mass is 10.4. The maximum Gasteiger partial charge on any atom is 0.0716 e. The number of hydrogen-bond donors (Lipinski definition) is 0. The van der Waals surface area contributed by atoms with Gasteiger partial charge in [0.25, 0.3) is 0 Å². The Morgan fingerprint density at radius 3 is 2.40 bits per heavy atom. The summed E-state index contributed by atoms with van der Waals surface area (Å²) in [5.41, 5.74) is 0.801. The molecule has 0 aromatic rings. The standard InChI is InChI=1S/C7H15O2P/c1-8-9-10(2)7-5-3-4-6-7/h7H,3-6H2,1-2H3. The Labute approximate surface area is 63.7 Å². The van der Waals surface area contributed by atoms with E-state index in [9.17, 15) is 0 Å². The van der Waals surface area contributed by atoms with Gasteiger partial charge >= 0.3 is 0 Å². The average molecular weight is 162 g/mol. The minimum absolute atomic E-state index is 0.304. The Morgan fingerprint density at radius 2 is 1.90 bits per heavy atom. The summed E-state index contributed by atoms with van der Waals surface area (Å²) in [4.78, 5) is 4.64. The second kappa shape index (κ2) is 4.27. The first-order valence-corrected chi connectivity index (χ1v) is 5.56. The van der Waals surface area contributed by atoms with Crippen molar-refractivity contribution in [3.63, 3.8) is 0 Å². The van der Waals surface area contributed by atoms with Crippen LogP contribution < -0.4 is 0 Å². The molecule has 1 atom stereocenters. The largest absolute Gasteiger partial charge is 0.237 e. The molecule has 10 heavy (non-hydrogen) atoms. The molecule has 0 aromatic heterocycles. The van der Waals surface area contributed by atoms with Crippen LogP contribution in [0.4, 0.5) is 0 Å². The van der Waals surface area contributed by atoms with Crippen molar-refractivity contribution >= 4 is 8.15 Å². The first-order valence-electron chi connectivity index (χ1n) is 3.78. The third-order valence-corrected chi connectivity index (χ3v) is 3.96. The monoisotopic (exact) mass is 162 g/mol. The van der Waals surface area contributed by atoms with Gasteiger partial charge in [-0.1, -0.05) is 12.8 Å². The highest BCUT2D eigenvalue weighted by Crippen LogP contribution is 2.46. The zero-order chi connectivity index (χ0) is 7.40. The third kappa shape index (κ3) is 2.19. The molecule has 0 N–H and O–H groups in total. The molecule has 0 bridgehead atoms. The summed E-state index contributed by atoms with van der Waals surface area (Å²) < 4.78 is 5.09. The van der Waals surface area contributed by atoms with Gasteiger partial charge in [-0.05, 0) is 19.5 Å². The summed E-state index contributed by atoms with van der Waals surface area (Å²) in [7, 11) is 1.29. The average Bonchev–Trinajstić information content (AvgIpc) is 2.38. The van der Waals surface area contributed by atoms with Crippen LogP contribution in [0, 0.1) is 0 Å². The van der Waals surface area contributed by atoms with Crippen LogP contribution in [0.3, 0.4) is 0 Å². The van der Waals surface area contributed by atoms with Crippen LogP contribution in [0.5, 0.6) is 0 Å². The first kappa shape index (κ1) is 8.45. The van der Waals surface area contributed by atoms with Crippen molar-refractivity contribution in [2.24, 2.45) is 0 Å². The highest BCUT2D eigenvalue weighted by atomic mass is 31.1. The molecule has 1 rings (SSSR count). The lowest BCUT2D eigenvalue weighted by Gasteiger charge is -2.15. The zero-order valence-corrected chi connectivity index (χ0v) is 7.56. The topological polar surface area (TPSA) is 18.5 Å². The molecule has 1 unspecified atom stereocenters. The normalized spacial score (nSPS) is 23.4. The van der Waals surface area contributed by atoms with Crippen LogP contribution in [0.2, 0.25) is 0 Å². The molecule has 2 nitrogen and oxygen atoms in total. The molecule has 0 spiro atoms. The van der Waals surface area contributed by atoms with E-state index in [-0.39, 0.29) is 8.15 Å². The highest BCUT2D eigenvalue weighted by molar-refractivity contribution is 7.52. The maximum atomic E-state index is 5.09. The molecular formula is C7H15O2P. The SMILES string of the molecule is COOP(C)C1CCCC1. The van der Waals surface area contributed by atoms with Gasteiger partial charge in [-0.3, -0.25) is 0 Å². The molecule has 0 heterocycles. The molecule has 0 aromatic carbocycles. The predicted molar refractivity (Wildman–Crippen MR) is 43.2 cm³/mol. The van der Waals surface area contributed by atoms with E-state index in [0.717, 1.165) is 5.66 Å². The summed E-state index contributed by atoms with van der Waals surface area (Å²) in [6.45, 7) is 2.15. The molecule has 0 aliphatic heterocycles. The van der Waals surface area contributed by atoms with E-state index in [1.54, 1.807) is 7.11 Å². The summed E-state index contributed by atoms with van der Waals surface area (Å²) >= 11 is 0. The van der Waals surface area contributed by atoms with Crippen LogP contribution >= 0.6 is 8.15 Å². The summed E-state index contributed by atoms with van der Waals surface area (Å²) in [5.74, 6) is 0. The third-order valence-electron chi connectivity index (χ3n) is 2.03. The van der Waals surface area contributed by atoms with Crippen LogP contribution in [0.1, 0.15) is 25.7 Å². The smallest absolute Gasteiger partial charge is 0.0716 e. The zero-order valence-electron chi connectivity index (χ0n) is 6.67. The molecular weight excluding hydrogens is 147 g/mol. The number of hydrogen-bond acceptors (Lipinski definition) is 2. The van der Waals surface area contributed by atoms with E-state index in [0.29, 0.717) is 0 Å². The van der Waals surface area contributed by atoms with Crippen molar-refractivity contribution in [3.05, 3.63) is 0 Å². The van der Waals surface area contributed by atoms with E-state index in [2.05, 4.69) is 11.6 Å². The van der Waals surface area contributed by atoms with E-state index in [1.165, 1.54) is 25.7 Å². The van der Waals surface area contributed by atoms with Gasteiger partial charge in [-0.2, -0.15) is 0 Å². The Bertz CT molecular complexity index is 91.6. The molecule has 1 aliphatic rings. The quantitative estimate of drug-likeness (QED) is 0.360. The van der Waals surface area contributed by atoms with Crippen molar-refractivity contribution in [3.8, 4) is 0 Å². The molecule has 1 saturated carbocycles. The van der Waals surface area contributed by atoms with Gasteiger partial charge in [-0.15, -0.1) is 0 Å². The first-order chi connectivity index (χ1) is 4.84. The molecule has 60 valence electrons. The van der Waals surface area contributed by atoms with E-state index < -0.39 is 0 Å². The van der Waals surface area contributed by atoms with Crippen molar-refractivity contribution in [2.45, 2.75) is 31.3 Å². The molecule has 1 fully saturated rings. The minimum Gasteiger partial charge on any atom is -0.237 e. The summed E-state index contributed by atoms with van der Waals surface area (Å²) in [6.07, 6.45) is 5.44. The summed E-state index contributed by atoms with van der Waals surface area (Å²) in [6, 6.07) is 0. The second-order valence-electron chi connectivity index (χ2n) is 2.73. The van der Waals surface area contributed by atoms with Crippen molar-refractivity contribution in [1.82, 2.24) is 0 Å². The molecule has 1 aliphatic carbocycles. The van der Waals surface area contributed by atoms with Crippen LogP contribution in [-0.2, 0) is 9.56 Å². The molecule has 0 amide bonds. The molecule has 3 heteroatoms. The van der Waals surface area contributed by atoms with E-state index in [1.807, 2.05) is 0 Å². The van der Waals surface area contributed by atoms with Crippen molar-refractivity contribution in [2.75, 3.05) is 13.8 Å². The van der Waals surface area contributed by atoms with Gasteiger partial charge in [0, 0.05) is 5.66 Å². The lowest BCUT2D eigenvalue weighted by Crippen LogP contribution is -1.99. The van der Waals surface area contributed by atoms with E-state index in [4.69, 9.17) is 4.67 Å². The molecule has 0 saturated heterocycles. The van der Waals surface area contributed by atoms with Gasteiger partial charge in [0.2, 0.25) is 0 Å². The van der Waals surface area contributed by atoms with Gasteiger partial charge in [0.1, 0.15) is 0 Å². The second-order valence-corrected chi connectivity index (χ2v) is 4.70. The van der Waals surface area contributed by atoms with Gasteiger partial charge in [-0.25, -0.2) is 9.56 Å². The summed E-state index contributed by atoms with van der Waals surface area (Å²) in [5, 5.41) is 0.